The molecular formula is C16H19BrN2O. The predicted molar refractivity (Wildman–Crippen MR) is 87.2 cm³/mol. The minimum absolute atomic E-state index is 0.916. The first-order chi connectivity index (χ1) is 9.45. The third-order valence-corrected chi connectivity index (χ3v) is 4.48. The van der Waals surface area contributed by atoms with Gasteiger partial charge in [0.05, 0.1) is 12.8 Å². The lowest BCUT2D eigenvalue weighted by Gasteiger charge is -2.23. The second-order valence-corrected chi connectivity index (χ2v) is 5.69. The molecule has 0 saturated carbocycles. The average molecular weight is 335 g/mol. The Hall–Kier alpha value is -1.55. The van der Waals surface area contributed by atoms with Gasteiger partial charge in [-0.15, -0.1) is 0 Å². The molecule has 0 fully saturated rings. The van der Waals surface area contributed by atoms with E-state index in [9.17, 15) is 0 Å². The molecule has 2 rings (SSSR count). The number of aryl methyl sites for hydroxylation is 1. The first-order valence-electron chi connectivity index (χ1n) is 6.46. The van der Waals surface area contributed by atoms with Gasteiger partial charge >= 0.3 is 0 Å². The van der Waals surface area contributed by atoms with Gasteiger partial charge in [-0.3, -0.25) is 0 Å². The predicted octanol–water partition coefficient (Wildman–Crippen LogP) is 4.55. The highest BCUT2D eigenvalue weighted by Gasteiger charge is 2.13. The van der Waals surface area contributed by atoms with Crippen LogP contribution in [0.15, 0.2) is 28.7 Å². The fraction of sp³-hybridized carbons (Fsp3) is 0.312. The van der Waals surface area contributed by atoms with Crippen molar-refractivity contribution in [3.05, 3.63) is 45.6 Å². The maximum Gasteiger partial charge on any atom is 0.133 e. The summed E-state index contributed by atoms with van der Waals surface area (Å²) in [6, 6.07) is 8.11. The first-order valence-corrected chi connectivity index (χ1v) is 7.26. The van der Waals surface area contributed by atoms with E-state index in [4.69, 9.17) is 4.74 Å². The number of anilines is 2. The largest absolute Gasteiger partial charge is 0.496 e. The molecule has 0 aliphatic carbocycles. The van der Waals surface area contributed by atoms with Crippen molar-refractivity contribution in [1.29, 1.82) is 0 Å². The van der Waals surface area contributed by atoms with Crippen LogP contribution in [0.5, 0.6) is 5.75 Å². The second-order valence-electron chi connectivity index (χ2n) is 4.83. The SMILES string of the molecule is COc1ccc(N(C)c2ccc(Br)c(C)n2)c(C)c1C. The molecule has 20 heavy (non-hydrogen) atoms. The summed E-state index contributed by atoms with van der Waals surface area (Å²) in [5, 5.41) is 0. The van der Waals surface area contributed by atoms with Crippen molar-refractivity contribution in [2.75, 3.05) is 19.1 Å². The summed E-state index contributed by atoms with van der Waals surface area (Å²) in [6.07, 6.45) is 0. The van der Waals surface area contributed by atoms with Gasteiger partial charge in [0.25, 0.3) is 0 Å². The van der Waals surface area contributed by atoms with Crippen LogP contribution in [0.1, 0.15) is 16.8 Å². The Morgan fingerprint density at radius 1 is 1.05 bits per heavy atom. The third-order valence-electron chi connectivity index (χ3n) is 3.64. The fourth-order valence-electron chi connectivity index (χ4n) is 2.21. The Morgan fingerprint density at radius 2 is 1.75 bits per heavy atom. The standard InChI is InChI=1S/C16H19BrN2O/c1-10-11(2)15(20-5)8-7-14(10)19(4)16-9-6-13(17)12(3)18-16/h6-9H,1-5H3. The molecule has 0 aliphatic rings. The van der Waals surface area contributed by atoms with Gasteiger partial charge in [0.1, 0.15) is 11.6 Å². The zero-order valence-corrected chi connectivity index (χ0v) is 14.1. The highest BCUT2D eigenvalue weighted by atomic mass is 79.9. The molecule has 0 amide bonds. The van der Waals surface area contributed by atoms with Gasteiger partial charge in [-0.1, -0.05) is 0 Å². The third kappa shape index (κ3) is 2.66. The molecule has 0 aliphatic heterocycles. The molecule has 106 valence electrons. The average Bonchev–Trinajstić information content (AvgIpc) is 2.44. The van der Waals surface area contributed by atoms with Crippen LogP contribution >= 0.6 is 15.9 Å². The van der Waals surface area contributed by atoms with Crippen LogP contribution < -0.4 is 9.64 Å². The highest BCUT2D eigenvalue weighted by molar-refractivity contribution is 9.10. The minimum Gasteiger partial charge on any atom is -0.496 e. The molecule has 3 nitrogen and oxygen atoms in total. The zero-order chi connectivity index (χ0) is 14.9. The number of benzene rings is 1. The van der Waals surface area contributed by atoms with Crippen LogP contribution in [0, 0.1) is 20.8 Å². The number of rotatable bonds is 3. The quantitative estimate of drug-likeness (QED) is 0.823. The van der Waals surface area contributed by atoms with Crippen LogP contribution in [0.25, 0.3) is 0 Å². The van der Waals surface area contributed by atoms with Crippen molar-refractivity contribution >= 4 is 27.4 Å². The van der Waals surface area contributed by atoms with Gasteiger partial charge in [-0.25, -0.2) is 4.98 Å². The van der Waals surface area contributed by atoms with Gasteiger partial charge < -0.3 is 9.64 Å². The number of hydrogen-bond acceptors (Lipinski definition) is 3. The van der Waals surface area contributed by atoms with E-state index in [2.05, 4.69) is 45.7 Å². The lowest BCUT2D eigenvalue weighted by molar-refractivity contribution is 0.411. The topological polar surface area (TPSA) is 25.4 Å². The Balaban J connectivity index is 2.45. The molecule has 1 aromatic carbocycles. The normalized spacial score (nSPS) is 10.5. The van der Waals surface area contributed by atoms with Crippen LogP contribution in [-0.2, 0) is 0 Å². The van der Waals surface area contributed by atoms with E-state index >= 15 is 0 Å². The van der Waals surface area contributed by atoms with E-state index in [0.29, 0.717) is 0 Å². The molecule has 0 N–H and O–H groups in total. The highest BCUT2D eigenvalue weighted by Crippen LogP contribution is 2.32. The first kappa shape index (κ1) is 14.9. The van der Waals surface area contributed by atoms with Gasteiger partial charge in [0.2, 0.25) is 0 Å². The van der Waals surface area contributed by atoms with Gasteiger partial charge in [-0.05, 0) is 72.1 Å². The minimum atomic E-state index is 0.916. The molecule has 4 heteroatoms. The Bertz CT molecular complexity index is 641. The van der Waals surface area contributed by atoms with Crippen molar-refractivity contribution < 1.29 is 4.74 Å². The molecule has 1 aromatic heterocycles. The molecule has 0 atom stereocenters. The van der Waals surface area contributed by atoms with Crippen molar-refractivity contribution in [3.63, 3.8) is 0 Å². The lowest BCUT2D eigenvalue weighted by atomic mass is 10.1. The summed E-state index contributed by atoms with van der Waals surface area (Å²) in [4.78, 5) is 6.71. The van der Waals surface area contributed by atoms with Crippen molar-refractivity contribution in [2.45, 2.75) is 20.8 Å². The van der Waals surface area contributed by atoms with Crippen LogP contribution in [0.2, 0.25) is 0 Å². The van der Waals surface area contributed by atoms with Gasteiger partial charge in [-0.2, -0.15) is 0 Å². The van der Waals surface area contributed by atoms with Crippen molar-refractivity contribution in [1.82, 2.24) is 4.98 Å². The summed E-state index contributed by atoms with van der Waals surface area (Å²) in [5.74, 6) is 1.85. The second kappa shape index (κ2) is 5.83. The maximum atomic E-state index is 5.36. The molecule has 0 radical (unpaired) electrons. The van der Waals surface area contributed by atoms with Gasteiger partial charge in [0, 0.05) is 17.2 Å². The molecule has 0 spiro atoms. The smallest absolute Gasteiger partial charge is 0.133 e. The van der Waals surface area contributed by atoms with Crippen molar-refractivity contribution in [2.24, 2.45) is 0 Å². The summed E-state index contributed by atoms with van der Waals surface area (Å²) in [7, 11) is 3.73. The number of nitrogens with zero attached hydrogens (tertiary/aromatic N) is 2. The maximum absolute atomic E-state index is 5.36. The molecule has 1 heterocycles. The van der Waals surface area contributed by atoms with E-state index in [-0.39, 0.29) is 0 Å². The van der Waals surface area contributed by atoms with Crippen LogP contribution in [-0.4, -0.2) is 19.1 Å². The molecule has 2 aromatic rings. The number of hydrogen-bond donors (Lipinski definition) is 0. The van der Waals surface area contributed by atoms with Gasteiger partial charge in [0.15, 0.2) is 0 Å². The zero-order valence-electron chi connectivity index (χ0n) is 12.5. The van der Waals surface area contributed by atoms with Crippen molar-refractivity contribution in [3.8, 4) is 5.75 Å². The summed E-state index contributed by atoms with van der Waals surface area (Å²) in [6.45, 7) is 6.18. The Morgan fingerprint density at radius 3 is 2.35 bits per heavy atom. The monoisotopic (exact) mass is 334 g/mol. The van der Waals surface area contributed by atoms with E-state index in [1.54, 1.807) is 7.11 Å². The van der Waals surface area contributed by atoms with E-state index in [1.165, 1.54) is 5.56 Å². The number of pyridine rings is 1. The van der Waals surface area contributed by atoms with E-state index in [0.717, 1.165) is 33.0 Å². The van der Waals surface area contributed by atoms with E-state index < -0.39 is 0 Å². The molecule has 0 unspecified atom stereocenters. The Labute approximate surface area is 128 Å². The van der Waals surface area contributed by atoms with E-state index in [1.807, 2.05) is 32.2 Å². The molecular weight excluding hydrogens is 316 g/mol. The van der Waals surface area contributed by atoms with Crippen LogP contribution in [0.3, 0.4) is 0 Å². The Kier molecular flexibility index (Phi) is 4.33. The summed E-state index contributed by atoms with van der Waals surface area (Å²) >= 11 is 3.48. The van der Waals surface area contributed by atoms with Crippen LogP contribution in [0.4, 0.5) is 11.5 Å². The number of methoxy groups -OCH3 is 1. The summed E-state index contributed by atoms with van der Waals surface area (Å²) in [5.41, 5.74) is 4.48. The number of aromatic nitrogens is 1. The fourth-order valence-corrected chi connectivity index (χ4v) is 2.43. The molecule has 0 saturated heterocycles. The molecule has 0 bridgehead atoms. The summed E-state index contributed by atoms with van der Waals surface area (Å²) < 4.78 is 6.39. The lowest BCUT2D eigenvalue weighted by Crippen LogP contribution is -2.13. The number of ether oxygens (including phenoxy) is 1. The number of halogens is 1.